The van der Waals surface area contributed by atoms with E-state index >= 15 is 0 Å². The van der Waals surface area contributed by atoms with Crippen LogP contribution in [0, 0.1) is 13.8 Å². The highest BCUT2D eigenvalue weighted by Gasteiger charge is 2.35. The third-order valence-corrected chi connectivity index (χ3v) is 12.1. The topological polar surface area (TPSA) is 4.93 Å². The summed E-state index contributed by atoms with van der Waals surface area (Å²) < 4.78 is 2.51. The van der Waals surface area contributed by atoms with Crippen LogP contribution in [0.1, 0.15) is 36.2 Å². The van der Waals surface area contributed by atoms with E-state index in [1.165, 1.54) is 115 Å². The van der Waals surface area contributed by atoms with Crippen LogP contribution in [-0.4, -0.2) is 4.57 Å². The minimum absolute atomic E-state index is 0.0334. The molecule has 1 aliphatic rings. The summed E-state index contributed by atoms with van der Waals surface area (Å²) in [7, 11) is 0. The quantitative estimate of drug-likeness (QED) is 0.131. The van der Waals surface area contributed by atoms with Gasteiger partial charge in [-0.15, -0.1) is 0 Å². The van der Waals surface area contributed by atoms with Crippen LogP contribution >= 0.6 is 0 Å². The summed E-state index contributed by atoms with van der Waals surface area (Å²) in [6.07, 6.45) is 0. The summed E-state index contributed by atoms with van der Waals surface area (Å²) in [4.78, 5) is 0. The Kier molecular flexibility index (Phi) is 5.38. The van der Waals surface area contributed by atoms with Crippen LogP contribution in [0.5, 0.6) is 0 Å². The fourth-order valence-corrected chi connectivity index (χ4v) is 9.43. The average molecular weight is 638 g/mol. The number of hydrogen-bond acceptors (Lipinski definition) is 0. The zero-order chi connectivity index (χ0) is 33.5. The zero-order valence-corrected chi connectivity index (χ0v) is 28.7. The van der Waals surface area contributed by atoms with Gasteiger partial charge >= 0.3 is 0 Å². The molecule has 0 amide bonds. The van der Waals surface area contributed by atoms with E-state index < -0.39 is 0 Å². The van der Waals surface area contributed by atoms with E-state index in [2.05, 4.69) is 172 Å². The van der Waals surface area contributed by atoms with Crippen molar-refractivity contribution >= 4 is 64.8 Å². The van der Waals surface area contributed by atoms with E-state index in [1.807, 2.05) is 0 Å². The normalized spacial score (nSPS) is 13.8. The monoisotopic (exact) mass is 637 g/mol. The molecule has 0 spiro atoms. The molecule has 1 nitrogen and oxygen atoms in total. The molecule has 0 unspecified atom stereocenters. The Balaban J connectivity index is 1.16. The minimum atomic E-state index is -0.0334. The number of hydrogen-bond donors (Lipinski definition) is 0. The van der Waals surface area contributed by atoms with Crippen molar-refractivity contribution in [2.24, 2.45) is 0 Å². The van der Waals surface area contributed by atoms with Gasteiger partial charge < -0.3 is 4.57 Å². The van der Waals surface area contributed by atoms with Crippen molar-refractivity contribution in [3.8, 4) is 27.9 Å². The number of rotatable bonds is 2. The van der Waals surface area contributed by atoms with Crippen LogP contribution in [0.2, 0.25) is 0 Å². The lowest BCUT2D eigenvalue weighted by atomic mass is 9.81. The first kappa shape index (κ1) is 28.0. The first-order valence-electron chi connectivity index (χ1n) is 17.8. The van der Waals surface area contributed by atoms with Crippen molar-refractivity contribution in [2.45, 2.75) is 33.1 Å². The molecule has 1 aliphatic carbocycles. The smallest absolute Gasteiger partial charge is 0.0613 e. The number of fused-ring (bicyclic) bond motifs is 7. The zero-order valence-electron chi connectivity index (χ0n) is 28.7. The highest BCUT2D eigenvalue weighted by atomic mass is 15.0. The predicted octanol–water partition coefficient (Wildman–Crippen LogP) is 13.4. The molecule has 50 heavy (non-hydrogen) atoms. The van der Waals surface area contributed by atoms with E-state index in [4.69, 9.17) is 0 Å². The van der Waals surface area contributed by atoms with E-state index in [-0.39, 0.29) is 5.41 Å². The summed E-state index contributed by atoms with van der Waals surface area (Å²) in [5, 5.41) is 14.4. The van der Waals surface area contributed by atoms with Gasteiger partial charge in [-0.3, -0.25) is 0 Å². The van der Waals surface area contributed by atoms with Gasteiger partial charge in [-0.2, -0.15) is 0 Å². The molecule has 0 saturated heterocycles. The molecule has 11 rings (SSSR count). The maximum absolute atomic E-state index is 2.51. The first-order valence-corrected chi connectivity index (χ1v) is 17.8. The predicted molar refractivity (Wildman–Crippen MR) is 214 cm³/mol. The van der Waals surface area contributed by atoms with Crippen molar-refractivity contribution in [1.82, 2.24) is 4.57 Å². The second-order valence-corrected chi connectivity index (χ2v) is 15.0. The molecular formula is C49H35N. The molecule has 236 valence electrons. The lowest BCUT2D eigenvalue weighted by Gasteiger charge is -2.22. The Bertz CT molecular complexity index is 3080. The molecule has 0 atom stereocenters. The van der Waals surface area contributed by atoms with Gasteiger partial charge in [0.25, 0.3) is 0 Å². The van der Waals surface area contributed by atoms with Crippen LogP contribution in [0.15, 0.2) is 140 Å². The fourth-order valence-electron chi connectivity index (χ4n) is 9.43. The fraction of sp³-hybridized carbons (Fsp3) is 0.102. The first-order chi connectivity index (χ1) is 24.4. The standard InChI is InChI=1S/C49H35N/c1-28-29(2)50(37-18-13-33-23-31-9-5-6-10-32(31)24-36(33)25-37)48-42-22-15-30-14-19-38(41-21-17-35(26-43(28)48)47(42)46(30)41)34-16-20-40-39-11-7-8-12-44(39)49(3,4)45(40)27-34/h5-27H,1-4H3. The maximum Gasteiger partial charge on any atom is 0.0613 e. The molecule has 9 aromatic carbocycles. The van der Waals surface area contributed by atoms with Gasteiger partial charge in [-0.25, -0.2) is 0 Å². The van der Waals surface area contributed by atoms with Gasteiger partial charge in [0.15, 0.2) is 0 Å². The molecule has 0 N–H and O–H groups in total. The molecule has 0 fully saturated rings. The van der Waals surface area contributed by atoms with Crippen LogP contribution < -0.4 is 0 Å². The number of aromatic nitrogens is 1. The van der Waals surface area contributed by atoms with Gasteiger partial charge in [0, 0.05) is 27.6 Å². The highest BCUT2D eigenvalue weighted by molar-refractivity contribution is 6.30. The number of nitrogens with zero attached hydrogens (tertiary/aromatic N) is 1. The van der Waals surface area contributed by atoms with Gasteiger partial charge in [0.1, 0.15) is 0 Å². The molecule has 0 saturated carbocycles. The largest absolute Gasteiger partial charge is 0.313 e. The van der Waals surface area contributed by atoms with Crippen LogP contribution in [0.4, 0.5) is 0 Å². The molecule has 0 aliphatic heterocycles. The van der Waals surface area contributed by atoms with E-state index in [1.54, 1.807) is 0 Å². The Morgan fingerprint density at radius 3 is 1.94 bits per heavy atom. The lowest BCUT2D eigenvalue weighted by Crippen LogP contribution is -2.14. The Morgan fingerprint density at radius 2 is 1.08 bits per heavy atom. The average Bonchev–Trinajstić information content (AvgIpc) is 3.54. The second-order valence-electron chi connectivity index (χ2n) is 15.0. The SMILES string of the molecule is Cc1c(C)n(-c2ccc3cc4ccccc4cc3c2)c2c1cc1ccc3c(-c4ccc5c(c4)C(C)(C)c4ccccc4-5)ccc4ccc2c1c43. The van der Waals surface area contributed by atoms with Gasteiger partial charge in [0.05, 0.1) is 5.52 Å². The second kappa shape index (κ2) is 9.61. The summed E-state index contributed by atoms with van der Waals surface area (Å²) in [6.45, 7) is 9.30. The van der Waals surface area contributed by atoms with E-state index in [0.29, 0.717) is 0 Å². The molecule has 0 radical (unpaired) electrons. The minimum Gasteiger partial charge on any atom is -0.313 e. The Hall–Kier alpha value is -5.92. The van der Waals surface area contributed by atoms with Crippen molar-refractivity contribution in [3.63, 3.8) is 0 Å². The molecular weight excluding hydrogens is 603 g/mol. The molecule has 1 heteroatoms. The summed E-state index contributed by atoms with van der Waals surface area (Å²) in [5.41, 5.74) is 13.2. The third kappa shape index (κ3) is 3.57. The lowest BCUT2D eigenvalue weighted by molar-refractivity contribution is 0.660. The molecule has 0 bridgehead atoms. The van der Waals surface area contributed by atoms with Crippen molar-refractivity contribution in [1.29, 1.82) is 0 Å². The maximum atomic E-state index is 2.51. The Morgan fingerprint density at radius 1 is 0.440 bits per heavy atom. The van der Waals surface area contributed by atoms with E-state index in [9.17, 15) is 0 Å². The van der Waals surface area contributed by atoms with Crippen LogP contribution in [0.3, 0.4) is 0 Å². The van der Waals surface area contributed by atoms with E-state index in [0.717, 1.165) is 0 Å². The summed E-state index contributed by atoms with van der Waals surface area (Å²) >= 11 is 0. The van der Waals surface area contributed by atoms with Gasteiger partial charge in [-0.05, 0) is 138 Å². The molecule has 1 heterocycles. The summed E-state index contributed by atoms with van der Waals surface area (Å²) in [6, 6.07) is 52.8. The van der Waals surface area contributed by atoms with Crippen molar-refractivity contribution in [3.05, 3.63) is 162 Å². The van der Waals surface area contributed by atoms with Crippen LogP contribution in [-0.2, 0) is 5.41 Å². The van der Waals surface area contributed by atoms with Crippen molar-refractivity contribution < 1.29 is 0 Å². The number of aryl methyl sites for hydroxylation is 1. The molecule has 10 aromatic rings. The summed E-state index contributed by atoms with van der Waals surface area (Å²) in [5.74, 6) is 0. The van der Waals surface area contributed by atoms with Gasteiger partial charge in [-0.1, -0.05) is 117 Å². The van der Waals surface area contributed by atoms with Gasteiger partial charge in [0.2, 0.25) is 0 Å². The molecule has 1 aromatic heterocycles. The van der Waals surface area contributed by atoms with Crippen LogP contribution in [0.25, 0.3) is 92.7 Å². The number of benzene rings is 9. The Labute approximate surface area is 291 Å². The third-order valence-electron chi connectivity index (χ3n) is 12.1. The van der Waals surface area contributed by atoms with Crippen molar-refractivity contribution in [2.75, 3.05) is 0 Å². The highest BCUT2D eigenvalue weighted by Crippen LogP contribution is 2.50.